The summed E-state index contributed by atoms with van der Waals surface area (Å²) >= 11 is 1.59. The lowest BCUT2D eigenvalue weighted by Crippen LogP contribution is -2.03. The highest BCUT2D eigenvalue weighted by atomic mass is 32.2. The summed E-state index contributed by atoms with van der Waals surface area (Å²) in [7, 11) is 0. The minimum absolute atomic E-state index is 0.513. The zero-order valence-corrected chi connectivity index (χ0v) is 15.4. The number of para-hydroxylation sites is 2. The van der Waals surface area contributed by atoms with Crippen LogP contribution in [-0.2, 0) is 5.75 Å². The van der Waals surface area contributed by atoms with Crippen LogP contribution in [0.15, 0.2) is 59.8 Å². The molecule has 6 nitrogen and oxygen atoms in total. The van der Waals surface area contributed by atoms with E-state index in [1.54, 1.807) is 11.8 Å². The molecule has 1 aliphatic rings. The Hall–Kier alpha value is -2.93. The molecule has 27 heavy (non-hydrogen) atoms. The fourth-order valence-corrected chi connectivity index (χ4v) is 3.96. The molecule has 2 N–H and O–H groups in total. The number of benzene rings is 2. The molecule has 4 aromatic rings. The lowest BCUT2D eigenvalue weighted by molar-refractivity contribution is 0.829. The molecule has 7 heteroatoms. The number of nitrogens with two attached hydrogens (primary N) is 1. The molecule has 0 unspecified atom stereocenters. The summed E-state index contributed by atoms with van der Waals surface area (Å²) in [6.45, 7) is 0. The van der Waals surface area contributed by atoms with Crippen molar-refractivity contribution in [2.45, 2.75) is 29.7 Å². The summed E-state index contributed by atoms with van der Waals surface area (Å²) in [4.78, 5) is 9.10. The number of hydrogen-bond acceptors (Lipinski definition) is 6. The fourth-order valence-electron chi connectivity index (χ4n) is 3.15. The van der Waals surface area contributed by atoms with Crippen molar-refractivity contribution in [2.75, 3.05) is 5.73 Å². The van der Waals surface area contributed by atoms with Crippen molar-refractivity contribution < 1.29 is 0 Å². The molecular weight excluding hydrogens is 356 g/mol. The van der Waals surface area contributed by atoms with Crippen LogP contribution in [0.5, 0.6) is 0 Å². The largest absolute Gasteiger partial charge is 0.383 e. The maximum Gasteiger partial charge on any atom is 0.196 e. The molecule has 0 atom stereocenters. The van der Waals surface area contributed by atoms with Crippen LogP contribution in [0.4, 0.5) is 5.82 Å². The van der Waals surface area contributed by atoms with Gasteiger partial charge in [0.15, 0.2) is 5.16 Å². The van der Waals surface area contributed by atoms with Crippen LogP contribution in [-0.4, -0.2) is 24.7 Å². The highest BCUT2D eigenvalue weighted by molar-refractivity contribution is 7.98. The molecular formula is C20H18N6S. The molecule has 1 fully saturated rings. The molecule has 1 saturated carbocycles. The second-order valence-electron chi connectivity index (χ2n) is 6.62. The number of anilines is 1. The summed E-state index contributed by atoms with van der Waals surface area (Å²) in [6.07, 6.45) is 2.36. The van der Waals surface area contributed by atoms with Gasteiger partial charge in [-0.15, -0.1) is 10.2 Å². The predicted octanol–water partition coefficient (Wildman–Crippen LogP) is 3.96. The van der Waals surface area contributed by atoms with Crippen molar-refractivity contribution in [1.29, 1.82) is 0 Å². The standard InChI is InChI=1S/C20H18N6S/c21-18-15-8-4-5-9-16(15)22-17(23-18)12-27-20-25-24-19(13-10-11-13)26(20)14-6-2-1-3-7-14/h1-9,13H,10-12H2,(H2,21,22,23). The third kappa shape index (κ3) is 3.14. The molecule has 0 saturated heterocycles. The van der Waals surface area contributed by atoms with Crippen LogP contribution < -0.4 is 5.73 Å². The van der Waals surface area contributed by atoms with Gasteiger partial charge in [-0.05, 0) is 37.1 Å². The Morgan fingerprint density at radius 2 is 1.74 bits per heavy atom. The van der Waals surface area contributed by atoms with E-state index in [-0.39, 0.29) is 0 Å². The van der Waals surface area contributed by atoms with Crippen LogP contribution in [0.25, 0.3) is 16.6 Å². The predicted molar refractivity (Wildman–Crippen MR) is 107 cm³/mol. The van der Waals surface area contributed by atoms with Crippen LogP contribution in [0.1, 0.15) is 30.4 Å². The SMILES string of the molecule is Nc1nc(CSc2nnc(C3CC3)n2-c2ccccc2)nc2ccccc12. The van der Waals surface area contributed by atoms with Gasteiger partial charge in [0.1, 0.15) is 17.5 Å². The average Bonchev–Trinajstić information content (AvgIpc) is 3.46. The van der Waals surface area contributed by atoms with Crippen molar-refractivity contribution in [3.8, 4) is 5.69 Å². The molecule has 5 rings (SSSR count). The highest BCUT2D eigenvalue weighted by Crippen LogP contribution is 2.41. The fraction of sp³-hybridized carbons (Fsp3) is 0.200. The van der Waals surface area contributed by atoms with Gasteiger partial charge in [-0.3, -0.25) is 4.57 Å². The van der Waals surface area contributed by atoms with Crippen LogP contribution in [0.3, 0.4) is 0 Å². The smallest absolute Gasteiger partial charge is 0.196 e. The molecule has 0 spiro atoms. The van der Waals surface area contributed by atoms with Crippen molar-refractivity contribution in [2.24, 2.45) is 0 Å². The van der Waals surface area contributed by atoms with Crippen molar-refractivity contribution in [3.05, 3.63) is 66.2 Å². The number of thioether (sulfide) groups is 1. The summed E-state index contributed by atoms with van der Waals surface area (Å²) in [5.74, 6) is 3.36. The summed E-state index contributed by atoms with van der Waals surface area (Å²) in [5.41, 5.74) is 8.06. The average molecular weight is 374 g/mol. The quantitative estimate of drug-likeness (QED) is 0.532. The Kier molecular flexibility index (Phi) is 4.01. The maximum atomic E-state index is 6.11. The first kappa shape index (κ1) is 16.3. The van der Waals surface area contributed by atoms with Crippen LogP contribution >= 0.6 is 11.8 Å². The van der Waals surface area contributed by atoms with E-state index in [4.69, 9.17) is 5.73 Å². The molecule has 1 aliphatic carbocycles. The Morgan fingerprint density at radius 1 is 0.963 bits per heavy atom. The normalized spacial score (nSPS) is 13.9. The van der Waals surface area contributed by atoms with E-state index in [2.05, 4.69) is 36.9 Å². The summed E-state index contributed by atoms with van der Waals surface area (Å²) in [5, 5.41) is 10.6. The van der Waals surface area contributed by atoms with E-state index in [0.29, 0.717) is 23.3 Å². The van der Waals surface area contributed by atoms with E-state index >= 15 is 0 Å². The number of hydrogen-bond donors (Lipinski definition) is 1. The summed E-state index contributed by atoms with van der Waals surface area (Å²) in [6, 6.07) is 18.1. The molecule has 0 bridgehead atoms. The second-order valence-corrected chi connectivity index (χ2v) is 7.56. The number of aromatic nitrogens is 5. The van der Waals surface area contributed by atoms with E-state index in [1.165, 1.54) is 12.8 Å². The Balaban J connectivity index is 1.46. The van der Waals surface area contributed by atoms with Gasteiger partial charge < -0.3 is 5.73 Å². The Morgan fingerprint density at radius 3 is 2.56 bits per heavy atom. The minimum atomic E-state index is 0.513. The van der Waals surface area contributed by atoms with Gasteiger partial charge in [-0.1, -0.05) is 42.1 Å². The lowest BCUT2D eigenvalue weighted by Gasteiger charge is -2.10. The zero-order valence-electron chi connectivity index (χ0n) is 14.6. The van der Waals surface area contributed by atoms with Gasteiger partial charge in [0.2, 0.25) is 0 Å². The first-order valence-corrected chi connectivity index (χ1v) is 9.93. The number of fused-ring (bicyclic) bond motifs is 1. The van der Waals surface area contributed by atoms with Gasteiger partial charge in [0.05, 0.1) is 11.3 Å². The highest BCUT2D eigenvalue weighted by Gasteiger charge is 2.31. The van der Waals surface area contributed by atoms with Gasteiger partial charge in [-0.2, -0.15) is 0 Å². The number of nitrogen functional groups attached to an aromatic ring is 1. The van der Waals surface area contributed by atoms with Crippen molar-refractivity contribution in [1.82, 2.24) is 24.7 Å². The molecule has 134 valence electrons. The van der Waals surface area contributed by atoms with E-state index in [1.807, 2.05) is 42.5 Å². The van der Waals surface area contributed by atoms with Crippen molar-refractivity contribution >= 4 is 28.5 Å². The third-order valence-corrected chi connectivity index (χ3v) is 5.55. The third-order valence-electron chi connectivity index (χ3n) is 4.62. The molecule has 2 aromatic heterocycles. The topological polar surface area (TPSA) is 82.5 Å². The van der Waals surface area contributed by atoms with E-state index in [9.17, 15) is 0 Å². The van der Waals surface area contributed by atoms with Crippen molar-refractivity contribution in [3.63, 3.8) is 0 Å². The molecule has 0 amide bonds. The van der Waals surface area contributed by atoms with Gasteiger partial charge in [0.25, 0.3) is 0 Å². The van der Waals surface area contributed by atoms with Gasteiger partial charge >= 0.3 is 0 Å². The zero-order chi connectivity index (χ0) is 18.2. The number of rotatable bonds is 5. The maximum absolute atomic E-state index is 6.11. The van der Waals surface area contributed by atoms with Gasteiger partial charge in [-0.25, -0.2) is 9.97 Å². The number of nitrogens with zero attached hydrogens (tertiary/aromatic N) is 5. The molecule has 0 radical (unpaired) electrons. The second kappa shape index (κ2) is 6.66. The van der Waals surface area contributed by atoms with Crippen LogP contribution in [0.2, 0.25) is 0 Å². The first-order valence-electron chi connectivity index (χ1n) is 8.94. The molecule has 2 heterocycles. The van der Waals surface area contributed by atoms with E-state index < -0.39 is 0 Å². The molecule has 0 aliphatic heterocycles. The van der Waals surface area contributed by atoms with Crippen LogP contribution in [0, 0.1) is 0 Å². The minimum Gasteiger partial charge on any atom is -0.383 e. The Labute approximate surface area is 160 Å². The lowest BCUT2D eigenvalue weighted by atomic mass is 10.2. The van der Waals surface area contributed by atoms with Gasteiger partial charge in [0, 0.05) is 17.0 Å². The summed E-state index contributed by atoms with van der Waals surface area (Å²) < 4.78 is 2.16. The monoisotopic (exact) mass is 374 g/mol. The first-order chi connectivity index (χ1) is 13.3. The van der Waals surface area contributed by atoms with E-state index in [0.717, 1.165) is 27.6 Å². The Bertz CT molecular complexity index is 1100. The molecule has 2 aromatic carbocycles.